The Bertz CT molecular complexity index is 247. The molecule has 5 nitrogen and oxygen atoms in total. The Balaban J connectivity index is 2.42. The summed E-state index contributed by atoms with van der Waals surface area (Å²) in [5.41, 5.74) is 0.830. The normalized spacial score (nSPS) is 9.42. The topological polar surface area (TPSA) is 64.4 Å². The number of aromatic nitrogens is 2. The van der Waals surface area contributed by atoms with Gasteiger partial charge in [-0.3, -0.25) is 4.98 Å². The van der Waals surface area contributed by atoms with Gasteiger partial charge in [-0.25, -0.2) is 4.98 Å². The SMILES string of the molecule is Cc1cnc(OCCN=O)cn1. The quantitative estimate of drug-likeness (QED) is 0.494. The van der Waals surface area contributed by atoms with Gasteiger partial charge in [0, 0.05) is 0 Å². The lowest BCUT2D eigenvalue weighted by Gasteiger charge is -2.00. The van der Waals surface area contributed by atoms with Crippen LogP contribution in [-0.2, 0) is 0 Å². The first-order valence-corrected chi connectivity index (χ1v) is 3.53. The second-order valence-corrected chi connectivity index (χ2v) is 2.20. The molecule has 0 aliphatic heterocycles. The highest BCUT2D eigenvalue weighted by Gasteiger charge is 1.94. The van der Waals surface area contributed by atoms with E-state index in [-0.39, 0.29) is 13.2 Å². The predicted molar refractivity (Wildman–Crippen MR) is 42.9 cm³/mol. The standard InChI is InChI=1S/C7H9N3O2/c1-6-4-9-7(5-8-6)12-3-2-10-11/h4-5H,2-3H2,1H3. The van der Waals surface area contributed by atoms with Crippen molar-refractivity contribution in [2.45, 2.75) is 6.92 Å². The molecule has 5 heteroatoms. The second-order valence-electron chi connectivity index (χ2n) is 2.20. The van der Waals surface area contributed by atoms with Crippen molar-refractivity contribution in [3.05, 3.63) is 23.0 Å². The van der Waals surface area contributed by atoms with Crippen LogP contribution in [0, 0.1) is 11.8 Å². The van der Waals surface area contributed by atoms with Gasteiger partial charge in [0.15, 0.2) is 0 Å². The van der Waals surface area contributed by atoms with Crippen LogP contribution in [-0.4, -0.2) is 23.1 Å². The summed E-state index contributed by atoms with van der Waals surface area (Å²) in [4.78, 5) is 17.6. The van der Waals surface area contributed by atoms with Crippen molar-refractivity contribution in [2.75, 3.05) is 13.2 Å². The van der Waals surface area contributed by atoms with E-state index in [1.54, 1.807) is 6.20 Å². The average molecular weight is 167 g/mol. The first kappa shape index (κ1) is 8.58. The zero-order valence-corrected chi connectivity index (χ0v) is 6.73. The molecular formula is C7H9N3O2. The Labute approximate surface area is 69.8 Å². The number of ether oxygens (including phenoxy) is 1. The summed E-state index contributed by atoms with van der Waals surface area (Å²) in [7, 11) is 0. The molecule has 0 saturated carbocycles. The minimum absolute atomic E-state index is 0.134. The summed E-state index contributed by atoms with van der Waals surface area (Å²) >= 11 is 0. The zero-order chi connectivity index (χ0) is 8.81. The van der Waals surface area contributed by atoms with Gasteiger partial charge in [-0.15, -0.1) is 0 Å². The Morgan fingerprint density at radius 2 is 2.33 bits per heavy atom. The van der Waals surface area contributed by atoms with Crippen molar-refractivity contribution >= 4 is 0 Å². The van der Waals surface area contributed by atoms with Gasteiger partial charge in [0.05, 0.1) is 18.1 Å². The fourth-order valence-corrected chi connectivity index (χ4v) is 0.643. The monoisotopic (exact) mass is 167 g/mol. The van der Waals surface area contributed by atoms with Crippen LogP contribution >= 0.6 is 0 Å². The highest BCUT2D eigenvalue weighted by atomic mass is 16.5. The molecule has 1 heterocycles. The van der Waals surface area contributed by atoms with E-state index in [9.17, 15) is 4.91 Å². The van der Waals surface area contributed by atoms with Crippen LogP contribution in [0.2, 0.25) is 0 Å². The second kappa shape index (κ2) is 4.38. The molecule has 12 heavy (non-hydrogen) atoms. The molecule has 0 N–H and O–H groups in total. The lowest BCUT2D eigenvalue weighted by atomic mass is 10.5. The van der Waals surface area contributed by atoms with Crippen molar-refractivity contribution in [3.8, 4) is 5.88 Å². The summed E-state index contributed by atoms with van der Waals surface area (Å²) in [6.07, 6.45) is 3.11. The lowest BCUT2D eigenvalue weighted by molar-refractivity contribution is 0.314. The Kier molecular flexibility index (Phi) is 3.13. The maximum atomic E-state index is 9.68. The molecule has 0 saturated heterocycles. The predicted octanol–water partition coefficient (Wildman–Crippen LogP) is 0.930. The highest BCUT2D eigenvalue weighted by Crippen LogP contribution is 2.02. The number of aryl methyl sites for hydroxylation is 1. The minimum Gasteiger partial charge on any atom is -0.474 e. The van der Waals surface area contributed by atoms with Gasteiger partial charge < -0.3 is 4.74 Å². The maximum Gasteiger partial charge on any atom is 0.232 e. The number of hydrogen-bond donors (Lipinski definition) is 0. The molecule has 1 aromatic rings. The number of nitroso groups, excluding NO2 is 1. The summed E-state index contributed by atoms with van der Waals surface area (Å²) in [5.74, 6) is 0.421. The van der Waals surface area contributed by atoms with E-state index in [1.165, 1.54) is 6.20 Å². The first-order chi connectivity index (χ1) is 5.83. The van der Waals surface area contributed by atoms with Crippen LogP contribution < -0.4 is 4.74 Å². The number of hydrogen-bond acceptors (Lipinski definition) is 5. The Morgan fingerprint density at radius 1 is 1.50 bits per heavy atom. The average Bonchev–Trinajstić information content (AvgIpc) is 2.09. The van der Waals surface area contributed by atoms with E-state index in [0.29, 0.717) is 5.88 Å². The number of rotatable bonds is 4. The Hall–Kier alpha value is -1.52. The van der Waals surface area contributed by atoms with E-state index < -0.39 is 0 Å². The lowest BCUT2D eigenvalue weighted by Crippen LogP contribution is -2.02. The molecule has 0 radical (unpaired) electrons. The third-order valence-corrected chi connectivity index (χ3v) is 1.19. The van der Waals surface area contributed by atoms with Crippen LogP contribution in [0.5, 0.6) is 5.88 Å². The number of nitrogens with zero attached hydrogens (tertiary/aromatic N) is 3. The van der Waals surface area contributed by atoms with E-state index in [2.05, 4.69) is 15.1 Å². The van der Waals surface area contributed by atoms with Crippen molar-refractivity contribution in [1.29, 1.82) is 0 Å². The molecule has 0 unspecified atom stereocenters. The van der Waals surface area contributed by atoms with E-state index >= 15 is 0 Å². The highest BCUT2D eigenvalue weighted by molar-refractivity contribution is 5.05. The third-order valence-electron chi connectivity index (χ3n) is 1.19. The van der Waals surface area contributed by atoms with Crippen molar-refractivity contribution in [3.63, 3.8) is 0 Å². The first-order valence-electron chi connectivity index (χ1n) is 3.53. The fourth-order valence-electron chi connectivity index (χ4n) is 0.643. The zero-order valence-electron chi connectivity index (χ0n) is 6.73. The van der Waals surface area contributed by atoms with Crippen molar-refractivity contribution in [2.24, 2.45) is 5.18 Å². The van der Waals surface area contributed by atoms with Crippen LogP contribution in [0.25, 0.3) is 0 Å². The summed E-state index contributed by atoms with van der Waals surface area (Å²) in [6, 6.07) is 0. The van der Waals surface area contributed by atoms with Crippen LogP contribution in [0.3, 0.4) is 0 Å². The molecule has 0 aliphatic carbocycles. The summed E-state index contributed by atoms with van der Waals surface area (Å²) in [6.45, 7) is 2.22. The van der Waals surface area contributed by atoms with Crippen molar-refractivity contribution in [1.82, 2.24) is 9.97 Å². The van der Waals surface area contributed by atoms with Gasteiger partial charge in [-0.05, 0) is 6.92 Å². The smallest absolute Gasteiger partial charge is 0.232 e. The van der Waals surface area contributed by atoms with E-state index in [1.807, 2.05) is 6.92 Å². The molecule has 0 aromatic carbocycles. The van der Waals surface area contributed by atoms with Gasteiger partial charge in [0.25, 0.3) is 0 Å². The van der Waals surface area contributed by atoms with Crippen LogP contribution in [0.15, 0.2) is 17.6 Å². The largest absolute Gasteiger partial charge is 0.474 e. The minimum atomic E-state index is 0.134. The third kappa shape index (κ3) is 2.61. The molecule has 0 spiro atoms. The Morgan fingerprint density at radius 3 is 2.92 bits per heavy atom. The van der Waals surface area contributed by atoms with Gasteiger partial charge in [0.1, 0.15) is 13.2 Å². The van der Waals surface area contributed by atoms with Gasteiger partial charge in [-0.2, -0.15) is 4.91 Å². The van der Waals surface area contributed by atoms with Gasteiger partial charge in [-0.1, -0.05) is 5.18 Å². The summed E-state index contributed by atoms with van der Waals surface area (Å²) in [5, 5.41) is 2.65. The van der Waals surface area contributed by atoms with Crippen LogP contribution in [0.4, 0.5) is 0 Å². The van der Waals surface area contributed by atoms with E-state index in [0.717, 1.165) is 5.69 Å². The molecular weight excluding hydrogens is 158 g/mol. The van der Waals surface area contributed by atoms with Crippen molar-refractivity contribution < 1.29 is 4.74 Å². The molecule has 0 amide bonds. The summed E-state index contributed by atoms with van der Waals surface area (Å²) < 4.78 is 5.03. The van der Waals surface area contributed by atoms with E-state index in [4.69, 9.17) is 4.74 Å². The molecule has 0 bridgehead atoms. The molecule has 0 fully saturated rings. The molecule has 64 valence electrons. The molecule has 1 aromatic heterocycles. The molecule has 0 aliphatic rings. The van der Waals surface area contributed by atoms with Gasteiger partial charge in [0.2, 0.25) is 5.88 Å². The van der Waals surface area contributed by atoms with Crippen LogP contribution in [0.1, 0.15) is 5.69 Å². The van der Waals surface area contributed by atoms with Gasteiger partial charge >= 0.3 is 0 Å². The molecule has 0 atom stereocenters. The maximum absolute atomic E-state index is 9.68. The fraction of sp³-hybridized carbons (Fsp3) is 0.429. The molecule has 1 rings (SSSR count).